The monoisotopic (exact) mass is 252 g/mol. The van der Waals surface area contributed by atoms with E-state index >= 15 is 0 Å². The Morgan fingerprint density at radius 2 is 1.84 bits per heavy atom. The molecule has 0 saturated carbocycles. The molecule has 3 nitrogen and oxygen atoms in total. The van der Waals surface area contributed by atoms with Crippen LogP contribution in [0.4, 0.5) is 5.69 Å². The van der Waals surface area contributed by atoms with E-state index in [1.807, 2.05) is 42.6 Å². The molecule has 1 aliphatic heterocycles. The predicted molar refractivity (Wildman–Crippen MR) is 76.5 cm³/mol. The Kier molecular flexibility index (Phi) is 3.27. The highest BCUT2D eigenvalue weighted by atomic mass is 16.1. The van der Waals surface area contributed by atoms with Crippen LogP contribution in [-0.4, -0.2) is 24.4 Å². The number of carbonyl (C=O) groups is 1. The van der Waals surface area contributed by atoms with Crippen LogP contribution in [-0.2, 0) is 0 Å². The Morgan fingerprint density at radius 3 is 2.53 bits per heavy atom. The van der Waals surface area contributed by atoms with E-state index in [4.69, 9.17) is 0 Å². The van der Waals surface area contributed by atoms with Gasteiger partial charge in [0, 0.05) is 24.2 Å². The minimum atomic E-state index is 0.732. The van der Waals surface area contributed by atoms with Gasteiger partial charge in [0.05, 0.1) is 17.6 Å². The molecular weight excluding hydrogens is 236 g/mol. The molecule has 3 heteroatoms. The van der Waals surface area contributed by atoms with Crippen molar-refractivity contribution in [2.75, 3.05) is 18.0 Å². The second-order valence-electron chi connectivity index (χ2n) is 4.81. The Balaban J connectivity index is 1.99. The fraction of sp³-hybridized carbons (Fsp3) is 0.250. The van der Waals surface area contributed by atoms with Gasteiger partial charge in [-0.2, -0.15) is 0 Å². The number of pyridine rings is 1. The second kappa shape index (κ2) is 5.22. The average Bonchev–Trinajstić information content (AvgIpc) is 3.01. The van der Waals surface area contributed by atoms with Gasteiger partial charge in [0.2, 0.25) is 0 Å². The zero-order valence-corrected chi connectivity index (χ0v) is 10.7. The lowest BCUT2D eigenvalue weighted by molar-refractivity contribution is 0.112. The van der Waals surface area contributed by atoms with Crippen molar-refractivity contribution in [1.82, 2.24) is 4.98 Å². The van der Waals surface area contributed by atoms with Crippen LogP contribution in [0.1, 0.15) is 23.2 Å². The van der Waals surface area contributed by atoms with Crippen LogP contribution in [0.2, 0.25) is 0 Å². The van der Waals surface area contributed by atoms with Gasteiger partial charge in [0.15, 0.2) is 6.29 Å². The van der Waals surface area contributed by atoms with Gasteiger partial charge in [-0.1, -0.05) is 30.3 Å². The standard InChI is InChI=1S/C16H16N2O/c19-12-14-10-15(13-6-2-1-3-7-13)17-11-16(14)18-8-4-5-9-18/h1-3,6-7,10-12H,4-5,8-9H2. The number of hydrogen-bond donors (Lipinski definition) is 0. The van der Waals surface area contributed by atoms with Crippen molar-refractivity contribution in [3.63, 3.8) is 0 Å². The highest BCUT2D eigenvalue weighted by molar-refractivity contribution is 5.86. The van der Waals surface area contributed by atoms with Gasteiger partial charge in [-0.15, -0.1) is 0 Å². The normalized spacial score (nSPS) is 14.6. The zero-order chi connectivity index (χ0) is 13.1. The quantitative estimate of drug-likeness (QED) is 0.787. The van der Waals surface area contributed by atoms with Gasteiger partial charge < -0.3 is 4.90 Å². The average molecular weight is 252 g/mol. The zero-order valence-electron chi connectivity index (χ0n) is 10.7. The van der Waals surface area contributed by atoms with E-state index in [0.717, 1.165) is 41.9 Å². The van der Waals surface area contributed by atoms with Crippen LogP contribution in [0.5, 0.6) is 0 Å². The summed E-state index contributed by atoms with van der Waals surface area (Å²) in [6, 6.07) is 11.8. The molecule has 0 atom stereocenters. The number of anilines is 1. The molecule has 0 spiro atoms. The first-order valence-corrected chi connectivity index (χ1v) is 6.64. The predicted octanol–water partition coefficient (Wildman–Crippen LogP) is 3.16. The fourth-order valence-corrected chi connectivity index (χ4v) is 2.55. The number of nitrogens with zero attached hydrogens (tertiary/aromatic N) is 2. The summed E-state index contributed by atoms with van der Waals surface area (Å²) in [5, 5.41) is 0. The SMILES string of the molecule is O=Cc1cc(-c2ccccc2)ncc1N1CCCC1. The minimum Gasteiger partial charge on any atom is -0.370 e. The molecule has 1 fully saturated rings. The summed E-state index contributed by atoms with van der Waals surface area (Å²) in [6.07, 6.45) is 5.15. The number of benzene rings is 1. The van der Waals surface area contributed by atoms with E-state index in [2.05, 4.69) is 9.88 Å². The molecule has 96 valence electrons. The molecule has 1 aromatic heterocycles. The maximum absolute atomic E-state index is 11.3. The summed E-state index contributed by atoms with van der Waals surface area (Å²) in [7, 11) is 0. The largest absolute Gasteiger partial charge is 0.370 e. The Hall–Kier alpha value is -2.16. The van der Waals surface area contributed by atoms with E-state index in [9.17, 15) is 4.79 Å². The molecule has 19 heavy (non-hydrogen) atoms. The van der Waals surface area contributed by atoms with Gasteiger partial charge in [0.25, 0.3) is 0 Å². The summed E-state index contributed by atoms with van der Waals surface area (Å²) >= 11 is 0. The maximum atomic E-state index is 11.3. The van der Waals surface area contributed by atoms with Crippen LogP contribution in [0.15, 0.2) is 42.6 Å². The summed E-state index contributed by atoms with van der Waals surface area (Å²) < 4.78 is 0. The van der Waals surface area contributed by atoms with Crippen molar-refractivity contribution in [2.45, 2.75) is 12.8 Å². The molecule has 2 heterocycles. The third-order valence-corrected chi connectivity index (χ3v) is 3.56. The summed E-state index contributed by atoms with van der Waals surface area (Å²) in [5.41, 5.74) is 3.59. The van der Waals surface area contributed by atoms with Gasteiger partial charge in [-0.05, 0) is 18.9 Å². The number of aldehydes is 1. The Labute approximate surface area is 112 Å². The number of hydrogen-bond acceptors (Lipinski definition) is 3. The van der Waals surface area contributed by atoms with E-state index in [1.54, 1.807) is 0 Å². The lowest BCUT2D eigenvalue weighted by Crippen LogP contribution is -2.19. The van der Waals surface area contributed by atoms with Crippen LogP contribution < -0.4 is 4.90 Å². The van der Waals surface area contributed by atoms with Crippen molar-refractivity contribution >= 4 is 12.0 Å². The first kappa shape index (κ1) is 11.9. The first-order valence-electron chi connectivity index (χ1n) is 6.64. The molecule has 2 aromatic rings. The van der Waals surface area contributed by atoms with Crippen molar-refractivity contribution in [3.05, 3.63) is 48.2 Å². The summed E-state index contributed by atoms with van der Waals surface area (Å²) in [4.78, 5) is 18.1. The number of aromatic nitrogens is 1. The van der Waals surface area contributed by atoms with Gasteiger partial charge in [-0.25, -0.2) is 0 Å². The molecule has 0 radical (unpaired) electrons. The van der Waals surface area contributed by atoms with Crippen LogP contribution in [0, 0.1) is 0 Å². The van der Waals surface area contributed by atoms with E-state index in [1.165, 1.54) is 12.8 Å². The first-order chi connectivity index (χ1) is 9.38. The van der Waals surface area contributed by atoms with Gasteiger partial charge in [-0.3, -0.25) is 9.78 Å². The maximum Gasteiger partial charge on any atom is 0.152 e. The van der Waals surface area contributed by atoms with Crippen LogP contribution in [0.25, 0.3) is 11.3 Å². The molecule has 0 amide bonds. The third-order valence-electron chi connectivity index (χ3n) is 3.56. The van der Waals surface area contributed by atoms with Crippen LogP contribution >= 0.6 is 0 Å². The number of rotatable bonds is 3. The van der Waals surface area contributed by atoms with E-state index < -0.39 is 0 Å². The molecule has 1 aliphatic rings. The second-order valence-corrected chi connectivity index (χ2v) is 4.81. The summed E-state index contributed by atoms with van der Waals surface area (Å²) in [6.45, 7) is 2.04. The fourth-order valence-electron chi connectivity index (χ4n) is 2.55. The lowest BCUT2D eigenvalue weighted by atomic mass is 10.1. The number of carbonyl (C=O) groups excluding carboxylic acids is 1. The van der Waals surface area contributed by atoms with Gasteiger partial charge >= 0.3 is 0 Å². The van der Waals surface area contributed by atoms with E-state index in [-0.39, 0.29) is 0 Å². The molecule has 0 bridgehead atoms. The lowest BCUT2D eigenvalue weighted by Gasteiger charge is -2.19. The molecule has 1 saturated heterocycles. The third kappa shape index (κ3) is 2.36. The minimum absolute atomic E-state index is 0.732. The highest BCUT2D eigenvalue weighted by Crippen LogP contribution is 2.26. The van der Waals surface area contributed by atoms with E-state index in [0.29, 0.717) is 0 Å². The highest BCUT2D eigenvalue weighted by Gasteiger charge is 2.16. The van der Waals surface area contributed by atoms with Crippen molar-refractivity contribution in [1.29, 1.82) is 0 Å². The topological polar surface area (TPSA) is 33.2 Å². The van der Waals surface area contributed by atoms with Crippen molar-refractivity contribution < 1.29 is 4.79 Å². The Bertz CT molecular complexity index is 575. The summed E-state index contributed by atoms with van der Waals surface area (Å²) in [5.74, 6) is 0. The molecule has 0 unspecified atom stereocenters. The van der Waals surface area contributed by atoms with Crippen molar-refractivity contribution in [2.24, 2.45) is 0 Å². The molecule has 0 N–H and O–H groups in total. The molecule has 1 aromatic carbocycles. The van der Waals surface area contributed by atoms with Crippen molar-refractivity contribution in [3.8, 4) is 11.3 Å². The van der Waals surface area contributed by atoms with Crippen LogP contribution in [0.3, 0.4) is 0 Å². The van der Waals surface area contributed by atoms with Gasteiger partial charge in [0.1, 0.15) is 0 Å². The molecule has 3 rings (SSSR count). The smallest absolute Gasteiger partial charge is 0.152 e. The molecule has 0 aliphatic carbocycles. The Morgan fingerprint density at radius 1 is 1.11 bits per heavy atom. The molecular formula is C16H16N2O.